The Morgan fingerprint density at radius 3 is 2.36 bits per heavy atom. The van der Waals surface area contributed by atoms with Crippen molar-refractivity contribution in [3.8, 4) is 0 Å². The summed E-state index contributed by atoms with van der Waals surface area (Å²) in [6, 6.07) is 11.1. The molecule has 0 aliphatic rings. The number of anilines is 1. The molecule has 0 unspecified atom stereocenters. The van der Waals surface area contributed by atoms with Gasteiger partial charge in [0.15, 0.2) is 6.61 Å². The molecule has 22 heavy (non-hydrogen) atoms. The molecule has 0 radical (unpaired) electrons. The molecule has 0 aliphatic carbocycles. The van der Waals surface area contributed by atoms with Gasteiger partial charge in [0, 0.05) is 5.69 Å². The first-order chi connectivity index (χ1) is 10.4. The molecule has 0 atom stereocenters. The van der Waals surface area contributed by atoms with Gasteiger partial charge in [0.2, 0.25) is 0 Å². The van der Waals surface area contributed by atoms with Crippen LogP contribution in [-0.4, -0.2) is 18.5 Å². The van der Waals surface area contributed by atoms with Crippen LogP contribution in [0.2, 0.25) is 0 Å². The molecule has 1 amide bonds. The van der Waals surface area contributed by atoms with Crippen LogP contribution in [-0.2, 0) is 14.9 Å². The number of amides is 1. The van der Waals surface area contributed by atoms with Gasteiger partial charge in [0.25, 0.3) is 5.91 Å². The van der Waals surface area contributed by atoms with Crippen LogP contribution in [0.5, 0.6) is 0 Å². The van der Waals surface area contributed by atoms with Gasteiger partial charge in [-0.1, -0.05) is 39.0 Å². The number of thiophene rings is 1. The standard InChI is InChI=1S/C17H19NO3S/c1-17(2,3)12-6-8-13(9-7-12)18-15(19)11-21-16(20)14-5-4-10-22-14/h4-10H,11H2,1-3H3,(H,18,19). The summed E-state index contributed by atoms with van der Waals surface area (Å²) >= 11 is 1.28. The van der Waals surface area contributed by atoms with Gasteiger partial charge in [0.1, 0.15) is 4.88 Å². The van der Waals surface area contributed by atoms with E-state index in [1.165, 1.54) is 16.9 Å². The van der Waals surface area contributed by atoms with E-state index in [-0.39, 0.29) is 17.9 Å². The second-order valence-electron chi connectivity index (χ2n) is 5.93. The first kappa shape index (κ1) is 16.2. The summed E-state index contributed by atoms with van der Waals surface area (Å²) in [5, 5.41) is 4.49. The molecule has 1 heterocycles. The largest absolute Gasteiger partial charge is 0.451 e. The molecule has 2 rings (SSSR count). The lowest BCUT2D eigenvalue weighted by molar-refractivity contribution is -0.119. The lowest BCUT2D eigenvalue weighted by atomic mass is 9.87. The van der Waals surface area contributed by atoms with E-state index < -0.39 is 5.97 Å². The lowest BCUT2D eigenvalue weighted by Crippen LogP contribution is -2.20. The molecule has 5 heteroatoms. The summed E-state index contributed by atoms with van der Waals surface area (Å²) in [4.78, 5) is 23.9. The summed E-state index contributed by atoms with van der Waals surface area (Å²) in [7, 11) is 0. The zero-order valence-electron chi connectivity index (χ0n) is 12.9. The van der Waals surface area contributed by atoms with Crippen LogP contribution in [0.4, 0.5) is 5.69 Å². The Kier molecular flexibility index (Phi) is 4.98. The number of rotatable bonds is 4. The molecular formula is C17H19NO3S. The van der Waals surface area contributed by atoms with E-state index in [2.05, 4.69) is 26.1 Å². The molecule has 116 valence electrons. The van der Waals surface area contributed by atoms with E-state index in [1.807, 2.05) is 24.3 Å². The molecule has 0 spiro atoms. The number of nitrogens with one attached hydrogen (secondary N) is 1. The minimum atomic E-state index is -0.478. The minimum Gasteiger partial charge on any atom is -0.451 e. The fraction of sp³-hybridized carbons (Fsp3) is 0.294. The Labute approximate surface area is 134 Å². The highest BCUT2D eigenvalue weighted by molar-refractivity contribution is 7.11. The third-order valence-electron chi connectivity index (χ3n) is 3.09. The van der Waals surface area contributed by atoms with Crippen molar-refractivity contribution in [2.45, 2.75) is 26.2 Å². The molecule has 2 aromatic rings. The van der Waals surface area contributed by atoms with Gasteiger partial charge < -0.3 is 10.1 Å². The van der Waals surface area contributed by atoms with Crippen LogP contribution in [0, 0.1) is 0 Å². The first-order valence-electron chi connectivity index (χ1n) is 6.97. The molecule has 0 bridgehead atoms. The van der Waals surface area contributed by atoms with Crippen LogP contribution in [0.25, 0.3) is 0 Å². The van der Waals surface area contributed by atoms with Crippen LogP contribution >= 0.6 is 11.3 Å². The molecule has 0 aliphatic heterocycles. The summed E-state index contributed by atoms with van der Waals surface area (Å²) < 4.78 is 4.96. The molecular weight excluding hydrogens is 298 g/mol. The van der Waals surface area contributed by atoms with Crippen LogP contribution in [0.15, 0.2) is 41.8 Å². The Morgan fingerprint density at radius 1 is 1.14 bits per heavy atom. The third-order valence-corrected chi connectivity index (χ3v) is 3.94. The first-order valence-corrected chi connectivity index (χ1v) is 7.85. The number of carbonyl (C=O) groups is 2. The maximum atomic E-state index is 11.8. The average molecular weight is 317 g/mol. The van der Waals surface area contributed by atoms with E-state index in [0.29, 0.717) is 10.6 Å². The van der Waals surface area contributed by atoms with E-state index >= 15 is 0 Å². The predicted octanol–water partition coefficient (Wildman–Crippen LogP) is 3.84. The number of hydrogen-bond acceptors (Lipinski definition) is 4. The molecule has 0 saturated heterocycles. The number of ether oxygens (including phenoxy) is 1. The number of esters is 1. The van der Waals surface area contributed by atoms with E-state index in [4.69, 9.17) is 4.74 Å². The Bertz CT molecular complexity index is 640. The topological polar surface area (TPSA) is 55.4 Å². The average Bonchev–Trinajstić information content (AvgIpc) is 2.98. The number of benzene rings is 1. The highest BCUT2D eigenvalue weighted by Crippen LogP contribution is 2.23. The highest BCUT2D eigenvalue weighted by Gasteiger charge is 2.14. The van der Waals surface area contributed by atoms with Crippen molar-refractivity contribution >= 4 is 28.9 Å². The molecule has 0 fully saturated rings. The quantitative estimate of drug-likeness (QED) is 0.872. The Morgan fingerprint density at radius 2 is 1.82 bits per heavy atom. The number of hydrogen-bond donors (Lipinski definition) is 1. The maximum Gasteiger partial charge on any atom is 0.348 e. The van der Waals surface area contributed by atoms with Crippen molar-refractivity contribution in [3.63, 3.8) is 0 Å². The van der Waals surface area contributed by atoms with Gasteiger partial charge in [-0.05, 0) is 34.6 Å². The molecule has 1 N–H and O–H groups in total. The normalized spacial score (nSPS) is 11.0. The van der Waals surface area contributed by atoms with Crippen molar-refractivity contribution in [1.82, 2.24) is 0 Å². The van der Waals surface area contributed by atoms with Crippen LogP contribution < -0.4 is 5.32 Å². The second kappa shape index (κ2) is 6.75. The van der Waals surface area contributed by atoms with Gasteiger partial charge in [-0.15, -0.1) is 11.3 Å². The molecule has 4 nitrogen and oxygen atoms in total. The maximum absolute atomic E-state index is 11.8. The highest BCUT2D eigenvalue weighted by atomic mass is 32.1. The van der Waals surface area contributed by atoms with E-state index in [1.54, 1.807) is 17.5 Å². The predicted molar refractivity (Wildman–Crippen MR) is 88.4 cm³/mol. The van der Waals surface area contributed by atoms with Gasteiger partial charge >= 0.3 is 5.97 Å². The van der Waals surface area contributed by atoms with Crippen LogP contribution in [0.3, 0.4) is 0 Å². The van der Waals surface area contributed by atoms with E-state index in [0.717, 1.165) is 0 Å². The summed E-state index contributed by atoms with van der Waals surface area (Å²) in [5.74, 6) is -0.832. The lowest BCUT2D eigenvalue weighted by Gasteiger charge is -2.19. The Hall–Kier alpha value is -2.14. The van der Waals surface area contributed by atoms with E-state index in [9.17, 15) is 9.59 Å². The van der Waals surface area contributed by atoms with Gasteiger partial charge in [-0.25, -0.2) is 4.79 Å². The monoisotopic (exact) mass is 317 g/mol. The van der Waals surface area contributed by atoms with Gasteiger partial charge in [-0.2, -0.15) is 0 Å². The zero-order chi connectivity index (χ0) is 16.2. The van der Waals surface area contributed by atoms with Crippen molar-refractivity contribution in [1.29, 1.82) is 0 Å². The van der Waals surface area contributed by atoms with Crippen molar-refractivity contribution in [2.24, 2.45) is 0 Å². The summed E-state index contributed by atoms with van der Waals surface area (Å²) in [5.41, 5.74) is 1.94. The zero-order valence-corrected chi connectivity index (χ0v) is 13.7. The fourth-order valence-electron chi connectivity index (χ4n) is 1.85. The van der Waals surface area contributed by atoms with Crippen LogP contribution in [0.1, 0.15) is 36.0 Å². The van der Waals surface area contributed by atoms with Gasteiger partial charge in [0.05, 0.1) is 0 Å². The SMILES string of the molecule is CC(C)(C)c1ccc(NC(=O)COC(=O)c2cccs2)cc1. The smallest absolute Gasteiger partial charge is 0.348 e. The Balaban J connectivity index is 1.86. The van der Waals surface area contributed by atoms with Crippen molar-refractivity contribution < 1.29 is 14.3 Å². The second-order valence-corrected chi connectivity index (χ2v) is 6.88. The van der Waals surface area contributed by atoms with Crippen molar-refractivity contribution in [2.75, 3.05) is 11.9 Å². The van der Waals surface area contributed by atoms with Crippen molar-refractivity contribution in [3.05, 3.63) is 52.2 Å². The molecule has 0 saturated carbocycles. The summed E-state index contributed by atoms with van der Waals surface area (Å²) in [6.07, 6.45) is 0. The third kappa shape index (κ3) is 4.43. The molecule has 1 aromatic heterocycles. The minimum absolute atomic E-state index is 0.0682. The number of carbonyl (C=O) groups excluding carboxylic acids is 2. The van der Waals surface area contributed by atoms with Gasteiger partial charge in [-0.3, -0.25) is 4.79 Å². The molecule has 1 aromatic carbocycles. The fourth-order valence-corrected chi connectivity index (χ4v) is 2.46. The summed E-state index contributed by atoms with van der Waals surface area (Å²) in [6.45, 7) is 6.09.